The highest BCUT2D eigenvalue weighted by molar-refractivity contribution is 5.84. The number of hydrogen-bond donors (Lipinski definition) is 1. The molecule has 1 fully saturated rings. The van der Waals surface area contributed by atoms with Crippen molar-refractivity contribution in [1.82, 2.24) is 9.88 Å². The van der Waals surface area contributed by atoms with E-state index >= 15 is 0 Å². The fourth-order valence-corrected chi connectivity index (χ4v) is 3.78. The smallest absolute Gasteiger partial charge is 0.223 e. The average molecular weight is 347 g/mol. The second-order valence-corrected chi connectivity index (χ2v) is 7.07. The molecule has 1 amide bonds. The third-order valence-electron chi connectivity index (χ3n) is 5.28. The fraction of sp³-hybridized carbons (Fsp3) is 0.318. The fourth-order valence-electron chi connectivity index (χ4n) is 3.78. The number of nitrogens with zero attached hydrogens (tertiary/aromatic N) is 2. The topological polar surface area (TPSA) is 39.3 Å². The lowest BCUT2D eigenvalue weighted by molar-refractivity contribution is -0.131. The maximum Gasteiger partial charge on any atom is 0.223 e. The summed E-state index contributed by atoms with van der Waals surface area (Å²) in [5.74, 6) is 0.263. The van der Waals surface area contributed by atoms with Gasteiger partial charge in [-0.05, 0) is 42.7 Å². The molecule has 2 aromatic carbocycles. The molecule has 0 spiro atoms. The zero-order valence-electron chi connectivity index (χ0n) is 15.2. The number of fused-ring (bicyclic) bond motifs is 1. The molecule has 0 bridgehead atoms. The van der Waals surface area contributed by atoms with E-state index in [0.29, 0.717) is 6.42 Å². The number of benzene rings is 2. The van der Waals surface area contributed by atoms with Crippen molar-refractivity contribution in [2.75, 3.05) is 31.1 Å². The Kier molecular flexibility index (Phi) is 4.65. The monoisotopic (exact) mass is 347 g/mol. The highest BCUT2D eigenvalue weighted by Crippen LogP contribution is 2.21. The van der Waals surface area contributed by atoms with Crippen LogP contribution in [0.25, 0.3) is 10.9 Å². The Bertz CT molecular complexity index is 906. The van der Waals surface area contributed by atoms with Crippen LogP contribution in [0.3, 0.4) is 0 Å². The number of aryl methyl sites for hydroxylation is 2. The van der Waals surface area contributed by atoms with E-state index < -0.39 is 0 Å². The van der Waals surface area contributed by atoms with Crippen LogP contribution in [0.1, 0.15) is 17.5 Å². The van der Waals surface area contributed by atoms with Crippen LogP contribution >= 0.6 is 0 Å². The second kappa shape index (κ2) is 7.24. The molecule has 1 aliphatic rings. The van der Waals surface area contributed by atoms with Crippen LogP contribution in [-0.2, 0) is 11.2 Å². The molecule has 1 aliphatic heterocycles. The number of piperazine rings is 1. The van der Waals surface area contributed by atoms with Crippen LogP contribution in [0.2, 0.25) is 0 Å². The molecule has 0 atom stereocenters. The summed E-state index contributed by atoms with van der Waals surface area (Å²) in [6.45, 7) is 5.54. The highest BCUT2D eigenvalue weighted by Gasteiger charge is 2.21. The van der Waals surface area contributed by atoms with Gasteiger partial charge in [-0.3, -0.25) is 4.79 Å². The van der Waals surface area contributed by atoms with Gasteiger partial charge >= 0.3 is 0 Å². The summed E-state index contributed by atoms with van der Waals surface area (Å²) in [5, 5.41) is 1.23. The molecular weight excluding hydrogens is 322 g/mol. The molecule has 4 heteroatoms. The summed E-state index contributed by atoms with van der Waals surface area (Å²) in [6.07, 6.45) is 3.40. The molecule has 0 saturated carbocycles. The van der Waals surface area contributed by atoms with Crippen molar-refractivity contribution < 1.29 is 4.79 Å². The number of rotatable bonds is 4. The molecule has 4 rings (SSSR count). The van der Waals surface area contributed by atoms with E-state index in [0.717, 1.165) is 38.1 Å². The van der Waals surface area contributed by atoms with E-state index in [4.69, 9.17) is 0 Å². The van der Waals surface area contributed by atoms with Crippen molar-refractivity contribution in [2.45, 2.75) is 19.8 Å². The molecule has 134 valence electrons. The largest absolute Gasteiger partial charge is 0.368 e. The Morgan fingerprint density at radius 2 is 1.85 bits per heavy atom. The number of hydrogen-bond acceptors (Lipinski definition) is 2. The standard InChI is InChI=1S/C22H25N3O/c1-17-5-4-6-19(15-17)24-11-13-25(14-12-24)22(26)10-9-18-16-23-21-8-3-2-7-20(18)21/h2-8,15-16,23H,9-14H2,1H3. The summed E-state index contributed by atoms with van der Waals surface area (Å²) >= 11 is 0. The number of carbonyl (C=O) groups is 1. The predicted octanol–water partition coefficient (Wildman–Crippen LogP) is 3.76. The van der Waals surface area contributed by atoms with Gasteiger partial charge in [0.05, 0.1) is 0 Å². The summed E-state index contributed by atoms with van der Waals surface area (Å²) in [5.41, 5.74) is 4.91. The van der Waals surface area contributed by atoms with Gasteiger partial charge in [0.15, 0.2) is 0 Å². The Morgan fingerprint density at radius 1 is 1.04 bits per heavy atom. The molecule has 2 heterocycles. The van der Waals surface area contributed by atoms with Crippen LogP contribution in [0, 0.1) is 6.92 Å². The first-order chi connectivity index (χ1) is 12.7. The van der Waals surface area contributed by atoms with E-state index in [-0.39, 0.29) is 5.91 Å². The van der Waals surface area contributed by atoms with Crippen molar-refractivity contribution in [3.63, 3.8) is 0 Å². The maximum absolute atomic E-state index is 12.6. The molecule has 0 radical (unpaired) electrons. The molecule has 0 aliphatic carbocycles. The number of anilines is 1. The molecule has 1 saturated heterocycles. The number of carbonyl (C=O) groups excluding carboxylic acids is 1. The Labute approximate surface area is 154 Å². The molecule has 3 aromatic rings. The first kappa shape index (κ1) is 16.7. The number of amides is 1. The average Bonchev–Trinajstić information content (AvgIpc) is 3.09. The van der Waals surface area contributed by atoms with Gasteiger partial charge in [0.1, 0.15) is 0 Å². The van der Waals surface area contributed by atoms with E-state index in [9.17, 15) is 4.79 Å². The van der Waals surface area contributed by atoms with Crippen molar-refractivity contribution in [2.24, 2.45) is 0 Å². The zero-order valence-corrected chi connectivity index (χ0v) is 15.2. The summed E-state index contributed by atoms with van der Waals surface area (Å²) in [6, 6.07) is 16.9. The van der Waals surface area contributed by atoms with E-state index in [2.05, 4.69) is 53.2 Å². The van der Waals surface area contributed by atoms with Crippen molar-refractivity contribution >= 4 is 22.5 Å². The van der Waals surface area contributed by atoms with E-state index in [1.54, 1.807) is 0 Å². The van der Waals surface area contributed by atoms with Gasteiger partial charge in [-0.1, -0.05) is 30.3 Å². The zero-order chi connectivity index (χ0) is 17.9. The molecule has 0 unspecified atom stereocenters. The molecule has 4 nitrogen and oxygen atoms in total. The van der Waals surface area contributed by atoms with Crippen molar-refractivity contribution in [1.29, 1.82) is 0 Å². The van der Waals surface area contributed by atoms with Gasteiger partial charge < -0.3 is 14.8 Å². The van der Waals surface area contributed by atoms with Crippen LogP contribution in [0.15, 0.2) is 54.7 Å². The van der Waals surface area contributed by atoms with E-state index in [1.807, 2.05) is 23.2 Å². The minimum absolute atomic E-state index is 0.263. The van der Waals surface area contributed by atoms with Gasteiger partial charge in [-0.15, -0.1) is 0 Å². The molecule has 1 N–H and O–H groups in total. The lowest BCUT2D eigenvalue weighted by Crippen LogP contribution is -2.48. The summed E-state index contributed by atoms with van der Waals surface area (Å²) in [7, 11) is 0. The molecule has 26 heavy (non-hydrogen) atoms. The van der Waals surface area contributed by atoms with Crippen LogP contribution in [0.4, 0.5) is 5.69 Å². The predicted molar refractivity (Wildman–Crippen MR) is 107 cm³/mol. The Morgan fingerprint density at radius 3 is 2.65 bits per heavy atom. The maximum atomic E-state index is 12.6. The molecule has 1 aromatic heterocycles. The minimum Gasteiger partial charge on any atom is -0.368 e. The number of para-hydroxylation sites is 1. The number of aromatic nitrogens is 1. The first-order valence-electron chi connectivity index (χ1n) is 9.35. The first-order valence-corrected chi connectivity index (χ1v) is 9.35. The third kappa shape index (κ3) is 3.45. The number of H-pyrrole nitrogens is 1. The Balaban J connectivity index is 1.32. The van der Waals surface area contributed by atoms with Crippen LogP contribution in [0.5, 0.6) is 0 Å². The van der Waals surface area contributed by atoms with Gasteiger partial charge in [0.25, 0.3) is 0 Å². The normalized spacial score (nSPS) is 14.8. The summed E-state index contributed by atoms with van der Waals surface area (Å²) in [4.78, 5) is 20.3. The number of aromatic amines is 1. The van der Waals surface area contributed by atoms with Gasteiger partial charge in [-0.2, -0.15) is 0 Å². The minimum atomic E-state index is 0.263. The van der Waals surface area contributed by atoms with Crippen molar-refractivity contribution in [3.05, 3.63) is 65.9 Å². The number of nitrogens with one attached hydrogen (secondary N) is 1. The summed E-state index contributed by atoms with van der Waals surface area (Å²) < 4.78 is 0. The van der Waals surface area contributed by atoms with Crippen LogP contribution in [-0.4, -0.2) is 42.0 Å². The van der Waals surface area contributed by atoms with Gasteiger partial charge in [0, 0.05) is 55.4 Å². The lowest BCUT2D eigenvalue weighted by atomic mass is 10.1. The third-order valence-corrected chi connectivity index (χ3v) is 5.28. The Hall–Kier alpha value is -2.75. The quantitative estimate of drug-likeness (QED) is 0.780. The second-order valence-electron chi connectivity index (χ2n) is 7.07. The lowest BCUT2D eigenvalue weighted by Gasteiger charge is -2.36. The highest BCUT2D eigenvalue weighted by atomic mass is 16.2. The van der Waals surface area contributed by atoms with Crippen LogP contribution < -0.4 is 4.90 Å². The SMILES string of the molecule is Cc1cccc(N2CCN(C(=O)CCc3c[nH]c4ccccc34)CC2)c1. The molecular formula is C22H25N3O. The van der Waals surface area contributed by atoms with E-state index in [1.165, 1.54) is 22.2 Å². The van der Waals surface area contributed by atoms with Gasteiger partial charge in [0.2, 0.25) is 5.91 Å². The van der Waals surface area contributed by atoms with Gasteiger partial charge in [-0.25, -0.2) is 0 Å². The van der Waals surface area contributed by atoms with Crippen molar-refractivity contribution in [3.8, 4) is 0 Å².